The lowest BCUT2D eigenvalue weighted by Gasteiger charge is -2.13. The topological polar surface area (TPSA) is 67.2 Å². The normalized spacial score (nSPS) is 9.81. The van der Waals surface area contributed by atoms with Crippen LogP contribution in [0.5, 0.6) is 11.5 Å². The average Bonchev–Trinajstić information content (AvgIpc) is 2.53. The molecule has 0 bridgehead atoms. The third-order valence-electron chi connectivity index (χ3n) is 2.91. The van der Waals surface area contributed by atoms with E-state index in [0.29, 0.717) is 40.0 Å². The van der Waals surface area contributed by atoms with Gasteiger partial charge in [-0.3, -0.25) is 4.98 Å². The van der Waals surface area contributed by atoms with Gasteiger partial charge in [0.1, 0.15) is 5.69 Å². The zero-order valence-electron chi connectivity index (χ0n) is 11.7. The molecule has 5 nitrogen and oxygen atoms in total. The Morgan fingerprint density at radius 2 is 2.10 bits per heavy atom. The van der Waals surface area contributed by atoms with Gasteiger partial charge >= 0.3 is 0 Å². The summed E-state index contributed by atoms with van der Waals surface area (Å²) in [6, 6.07) is 8.84. The Morgan fingerprint density at radius 3 is 2.76 bits per heavy atom. The minimum absolute atomic E-state index is 0.398. The summed E-state index contributed by atoms with van der Waals surface area (Å²) >= 11 is 6.10. The largest absolute Gasteiger partial charge is 0.493 e. The van der Waals surface area contributed by atoms with Crippen molar-refractivity contribution in [1.29, 1.82) is 5.26 Å². The van der Waals surface area contributed by atoms with Crippen LogP contribution in [0.3, 0.4) is 0 Å². The molecule has 0 aliphatic heterocycles. The molecule has 21 heavy (non-hydrogen) atoms. The molecule has 0 unspecified atom stereocenters. The van der Waals surface area contributed by atoms with Crippen molar-refractivity contribution >= 4 is 17.3 Å². The van der Waals surface area contributed by atoms with Crippen LogP contribution in [0, 0.1) is 11.3 Å². The number of nitriles is 1. The van der Waals surface area contributed by atoms with E-state index in [0.717, 1.165) is 0 Å². The molecule has 0 aliphatic carbocycles. The molecule has 6 heteroatoms. The number of halogens is 1. The lowest BCUT2D eigenvalue weighted by Crippen LogP contribution is -2.05. The van der Waals surface area contributed by atoms with Gasteiger partial charge in [0.25, 0.3) is 0 Å². The molecule has 0 atom stereocenters. The van der Waals surface area contributed by atoms with Crippen molar-refractivity contribution in [1.82, 2.24) is 4.98 Å². The molecule has 0 spiro atoms. The molecule has 0 amide bonds. The Labute approximate surface area is 128 Å². The predicted octanol–water partition coefficient (Wildman–Crippen LogP) is 3.24. The summed E-state index contributed by atoms with van der Waals surface area (Å²) in [5.74, 6) is 1.18. The van der Waals surface area contributed by atoms with Gasteiger partial charge in [0.15, 0.2) is 11.5 Å². The van der Waals surface area contributed by atoms with Crippen LogP contribution in [0.1, 0.15) is 11.3 Å². The third-order valence-corrected chi connectivity index (χ3v) is 3.24. The highest BCUT2D eigenvalue weighted by Crippen LogP contribution is 2.30. The van der Waals surface area contributed by atoms with Crippen molar-refractivity contribution in [3.05, 3.63) is 46.7 Å². The lowest BCUT2D eigenvalue weighted by molar-refractivity contribution is 0.350. The molecular formula is C15H14ClN3O2. The number of nitrogens with one attached hydrogen (secondary N) is 1. The maximum atomic E-state index is 8.92. The van der Waals surface area contributed by atoms with Crippen molar-refractivity contribution in [2.75, 3.05) is 19.5 Å². The average molecular weight is 304 g/mol. The molecule has 0 aliphatic rings. The standard InChI is InChI=1S/C15H14ClN3O2/c1-20-14-5-6-18-13(15(14)21-2)9-19-12-7-10(8-17)3-4-11(12)16/h3-7,19H,9H2,1-2H3. The molecule has 1 N–H and O–H groups in total. The molecule has 1 heterocycles. The Morgan fingerprint density at radius 1 is 1.29 bits per heavy atom. The minimum atomic E-state index is 0.398. The Hall–Kier alpha value is -2.45. The first kappa shape index (κ1) is 14.9. The number of pyridine rings is 1. The van der Waals surface area contributed by atoms with Gasteiger partial charge in [0, 0.05) is 12.3 Å². The van der Waals surface area contributed by atoms with Gasteiger partial charge in [0.2, 0.25) is 0 Å². The number of methoxy groups -OCH3 is 2. The van der Waals surface area contributed by atoms with Gasteiger partial charge in [-0.25, -0.2) is 0 Å². The number of ether oxygens (including phenoxy) is 2. The van der Waals surface area contributed by atoms with Crippen LogP contribution >= 0.6 is 11.6 Å². The summed E-state index contributed by atoms with van der Waals surface area (Å²) in [5.41, 5.74) is 1.89. The minimum Gasteiger partial charge on any atom is -0.493 e. The Balaban J connectivity index is 2.23. The van der Waals surface area contributed by atoms with Crippen LogP contribution in [-0.4, -0.2) is 19.2 Å². The monoisotopic (exact) mass is 303 g/mol. The predicted molar refractivity (Wildman–Crippen MR) is 80.8 cm³/mol. The highest BCUT2D eigenvalue weighted by Gasteiger charge is 2.11. The van der Waals surface area contributed by atoms with Gasteiger partial charge in [0.05, 0.1) is 43.1 Å². The molecule has 0 radical (unpaired) electrons. The number of aromatic nitrogens is 1. The van der Waals surface area contributed by atoms with E-state index in [1.807, 2.05) is 0 Å². The van der Waals surface area contributed by atoms with Crippen LogP contribution in [-0.2, 0) is 6.54 Å². The van der Waals surface area contributed by atoms with E-state index in [9.17, 15) is 0 Å². The van der Waals surface area contributed by atoms with E-state index < -0.39 is 0 Å². The van der Waals surface area contributed by atoms with Gasteiger partial charge in [-0.15, -0.1) is 0 Å². The van der Waals surface area contributed by atoms with Crippen molar-refractivity contribution in [2.24, 2.45) is 0 Å². The van der Waals surface area contributed by atoms with E-state index in [4.69, 9.17) is 26.3 Å². The van der Waals surface area contributed by atoms with E-state index in [2.05, 4.69) is 16.4 Å². The summed E-state index contributed by atoms with van der Waals surface area (Å²) in [6.45, 7) is 0.398. The van der Waals surface area contributed by atoms with E-state index in [1.165, 1.54) is 0 Å². The SMILES string of the molecule is COc1ccnc(CNc2cc(C#N)ccc2Cl)c1OC. The maximum Gasteiger partial charge on any atom is 0.184 e. The fourth-order valence-corrected chi connectivity index (χ4v) is 2.07. The van der Waals surface area contributed by atoms with Crippen molar-refractivity contribution in [3.8, 4) is 17.6 Å². The highest BCUT2D eigenvalue weighted by atomic mass is 35.5. The molecule has 1 aromatic heterocycles. The van der Waals surface area contributed by atoms with Crippen LogP contribution in [0.15, 0.2) is 30.5 Å². The summed E-state index contributed by atoms with van der Waals surface area (Å²) < 4.78 is 10.5. The zero-order chi connectivity index (χ0) is 15.2. The second-order valence-electron chi connectivity index (χ2n) is 4.15. The molecule has 2 rings (SSSR count). The number of rotatable bonds is 5. The summed E-state index contributed by atoms with van der Waals surface area (Å²) in [4.78, 5) is 4.27. The summed E-state index contributed by atoms with van der Waals surface area (Å²) in [6.07, 6.45) is 1.64. The third kappa shape index (κ3) is 3.36. The second-order valence-corrected chi connectivity index (χ2v) is 4.56. The zero-order valence-corrected chi connectivity index (χ0v) is 12.4. The van der Waals surface area contributed by atoms with E-state index in [1.54, 1.807) is 44.7 Å². The maximum absolute atomic E-state index is 8.92. The molecule has 2 aromatic rings. The van der Waals surface area contributed by atoms with Gasteiger partial charge in [-0.2, -0.15) is 5.26 Å². The first-order valence-electron chi connectivity index (χ1n) is 6.19. The van der Waals surface area contributed by atoms with E-state index in [-0.39, 0.29) is 0 Å². The van der Waals surface area contributed by atoms with Crippen LogP contribution in [0.2, 0.25) is 5.02 Å². The number of anilines is 1. The molecule has 0 saturated heterocycles. The molecule has 1 aromatic carbocycles. The Bertz CT molecular complexity index is 683. The smallest absolute Gasteiger partial charge is 0.184 e. The van der Waals surface area contributed by atoms with E-state index >= 15 is 0 Å². The fourth-order valence-electron chi connectivity index (χ4n) is 1.89. The number of benzene rings is 1. The van der Waals surface area contributed by atoms with Crippen molar-refractivity contribution in [2.45, 2.75) is 6.54 Å². The van der Waals surface area contributed by atoms with Gasteiger partial charge in [-0.05, 0) is 18.2 Å². The van der Waals surface area contributed by atoms with Crippen LogP contribution in [0.25, 0.3) is 0 Å². The number of hydrogen-bond donors (Lipinski definition) is 1. The van der Waals surface area contributed by atoms with Crippen LogP contribution < -0.4 is 14.8 Å². The number of hydrogen-bond acceptors (Lipinski definition) is 5. The number of nitrogens with zero attached hydrogens (tertiary/aromatic N) is 2. The Kier molecular flexibility index (Phi) is 4.85. The van der Waals surface area contributed by atoms with Crippen molar-refractivity contribution < 1.29 is 9.47 Å². The van der Waals surface area contributed by atoms with Gasteiger partial charge < -0.3 is 14.8 Å². The van der Waals surface area contributed by atoms with Crippen molar-refractivity contribution in [3.63, 3.8) is 0 Å². The van der Waals surface area contributed by atoms with Gasteiger partial charge in [-0.1, -0.05) is 11.6 Å². The summed E-state index contributed by atoms with van der Waals surface area (Å²) in [7, 11) is 3.13. The molecular weight excluding hydrogens is 290 g/mol. The molecule has 0 fully saturated rings. The molecule has 0 saturated carbocycles. The molecule has 108 valence electrons. The quantitative estimate of drug-likeness (QED) is 0.918. The van der Waals surface area contributed by atoms with Crippen LogP contribution in [0.4, 0.5) is 5.69 Å². The first-order valence-corrected chi connectivity index (χ1v) is 6.56. The highest BCUT2D eigenvalue weighted by molar-refractivity contribution is 6.33. The second kappa shape index (κ2) is 6.82. The first-order chi connectivity index (χ1) is 10.2. The lowest BCUT2D eigenvalue weighted by atomic mass is 10.2. The fraction of sp³-hybridized carbons (Fsp3) is 0.200. The summed E-state index contributed by atoms with van der Waals surface area (Å²) in [5, 5.41) is 12.6.